The van der Waals surface area contributed by atoms with Gasteiger partial charge in [0.25, 0.3) is 6.43 Å². The van der Waals surface area contributed by atoms with Crippen molar-refractivity contribution < 1.29 is 18.7 Å². The Morgan fingerprint density at radius 2 is 2.07 bits per heavy atom. The van der Waals surface area contributed by atoms with Gasteiger partial charge in [0.05, 0.1) is 5.92 Å². The van der Waals surface area contributed by atoms with Gasteiger partial charge in [0, 0.05) is 10.6 Å². The molecule has 0 aliphatic carbocycles. The fraction of sp³-hybridized carbons (Fsp3) is 0.300. The molecule has 0 aliphatic rings. The van der Waals surface area contributed by atoms with Crippen molar-refractivity contribution in [2.45, 2.75) is 19.3 Å². The topological polar surface area (TPSA) is 37.3 Å². The number of benzene rings is 1. The van der Waals surface area contributed by atoms with Crippen LogP contribution in [0, 0.1) is 0 Å². The molecule has 0 aliphatic heterocycles. The van der Waals surface area contributed by atoms with Crippen LogP contribution in [-0.2, 0) is 4.79 Å². The highest BCUT2D eigenvalue weighted by atomic mass is 35.5. The number of carbonyl (C=O) groups is 1. The van der Waals surface area contributed by atoms with Crippen molar-refractivity contribution in [1.82, 2.24) is 0 Å². The largest absolute Gasteiger partial charge is 0.481 e. The molecule has 1 aromatic carbocycles. The molecule has 1 atom stereocenters. The number of aliphatic carboxylic acids is 1. The minimum Gasteiger partial charge on any atom is -0.481 e. The van der Waals surface area contributed by atoms with Gasteiger partial charge < -0.3 is 5.11 Å². The fourth-order valence-electron chi connectivity index (χ4n) is 1.16. The SMILES string of the molecule is CC(C(=O)O)c1ccc(C(F)F)cc1Cl. The maximum Gasteiger partial charge on any atom is 0.310 e. The van der Waals surface area contributed by atoms with Crippen molar-refractivity contribution in [2.75, 3.05) is 0 Å². The second-order valence-electron chi connectivity index (χ2n) is 3.14. The van der Waals surface area contributed by atoms with Gasteiger partial charge in [-0.2, -0.15) is 0 Å². The number of hydrogen-bond acceptors (Lipinski definition) is 1. The summed E-state index contributed by atoms with van der Waals surface area (Å²) >= 11 is 5.72. The van der Waals surface area contributed by atoms with Crippen LogP contribution in [-0.4, -0.2) is 11.1 Å². The zero-order chi connectivity index (χ0) is 11.6. The summed E-state index contributed by atoms with van der Waals surface area (Å²) in [5, 5.41) is 8.79. The van der Waals surface area contributed by atoms with Crippen LogP contribution >= 0.6 is 11.6 Å². The van der Waals surface area contributed by atoms with Crippen molar-refractivity contribution in [3.63, 3.8) is 0 Å². The van der Waals surface area contributed by atoms with E-state index in [4.69, 9.17) is 16.7 Å². The molecule has 0 bridgehead atoms. The van der Waals surface area contributed by atoms with E-state index in [0.717, 1.165) is 6.07 Å². The van der Waals surface area contributed by atoms with Crippen LogP contribution in [0.4, 0.5) is 8.78 Å². The van der Waals surface area contributed by atoms with Crippen LogP contribution in [0.3, 0.4) is 0 Å². The standard InChI is InChI=1S/C10H9ClF2O2/c1-5(10(14)15)7-3-2-6(9(12)13)4-8(7)11/h2-5,9H,1H3,(H,14,15). The molecule has 0 aromatic heterocycles. The predicted molar refractivity (Wildman–Crippen MR) is 52.5 cm³/mol. The van der Waals surface area contributed by atoms with E-state index in [9.17, 15) is 13.6 Å². The molecular weight excluding hydrogens is 226 g/mol. The Balaban J connectivity index is 3.08. The first kappa shape index (κ1) is 11.9. The average Bonchev–Trinajstić information content (AvgIpc) is 2.16. The Kier molecular flexibility index (Phi) is 3.63. The lowest BCUT2D eigenvalue weighted by molar-refractivity contribution is -0.138. The van der Waals surface area contributed by atoms with Gasteiger partial charge in [-0.3, -0.25) is 4.79 Å². The third kappa shape index (κ3) is 2.65. The lowest BCUT2D eigenvalue weighted by Crippen LogP contribution is -2.08. The molecule has 2 nitrogen and oxygen atoms in total. The van der Waals surface area contributed by atoms with Gasteiger partial charge >= 0.3 is 5.97 Å². The predicted octanol–water partition coefficient (Wildman–Crippen LogP) is 3.47. The molecular formula is C10H9ClF2O2. The van der Waals surface area contributed by atoms with E-state index in [0.29, 0.717) is 5.56 Å². The van der Waals surface area contributed by atoms with Gasteiger partial charge in [0.2, 0.25) is 0 Å². The van der Waals surface area contributed by atoms with E-state index < -0.39 is 18.3 Å². The minimum absolute atomic E-state index is 0.0581. The summed E-state index contributed by atoms with van der Waals surface area (Å²) in [6.45, 7) is 1.45. The van der Waals surface area contributed by atoms with E-state index in [1.807, 2.05) is 0 Å². The van der Waals surface area contributed by atoms with Crippen LogP contribution in [0.2, 0.25) is 5.02 Å². The van der Waals surface area contributed by atoms with Gasteiger partial charge in [0.15, 0.2) is 0 Å². The first-order chi connectivity index (χ1) is 6.93. The lowest BCUT2D eigenvalue weighted by atomic mass is 10.00. The zero-order valence-corrected chi connectivity index (χ0v) is 8.63. The highest BCUT2D eigenvalue weighted by Crippen LogP contribution is 2.29. The Labute approximate surface area is 90.5 Å². The smallest absolute Gasteiger partial charge is 0.310 e. The number of halogens is 3. The molecule has 0 spiro atoms. The minimum atomic E-state index is -2.60. The van der Waals surface area contributed by atoms with Crippen molar-refractivity contribution in [3.05, 3.63) is 34.3 Å². The monoisotopic (exact) mass is 234 g/mol. The Morgan fingerprint density at radius 3 is 2.47 bits per heavy atom. The Hall–Kier alpha value is -1.16. The maximum absolute atomic E-state index is 12.3. The normalized spacial score (nSPS) is 12.9. The highest BCUT2D eigenvalue weighted by Gasteiger charge is 2.18. The van der Waals surface area contributed by atoms with E-state index in [2.05, 4.69) is 0 Å². The highest BCUT2D eigenvalue weighted by molar-refractivity contribution is 6.31. The summed E-state index contributed by atoms with van der Waals surface area (Å²) in [5.74, 6) is -1.84. The van der Waals surface area contributed by atoms with Gasteiger partial charge in [0.1, 0.15) is 0 Å². The number of rotatable bonds is 3. The second-order valence-corrected chi connectivity index (χ2v) is 3.55. The molecule has 0 fully saturated rings. The van der Waals surface area contributed by atoms with Crippen molar-refractivity contribution in [1.29, 1.82) is 0 Å². The number of alkyl halides is 2. The molecule has 0 radical (unpaired) electrons. The Morgan fingerprint density at radius 1 is 1.47 bits per heavy atom. The summed E-state index contributed by atoms with van der Waals surface area (Å²) < 4.78 is 24.5. The third-order valence-corrected chi connectivity index (χ3v) is 2.44. The first-order valence-corrected chi connectivity index (χ1v) is 4.61. The van der Waals surface area contributed by atoms with Crippen molar-refractivity contribution >= 4 is 17.6 Å². The molecule has 15 heavy (non-hydrogen) atoms. The average molecular weight is 235 g/mol. The summed E-state index contributed by atoms with van der Waals surface area (Å²) in [6.07, 6.45) is -2.60. The second kappa shape index (κ2) is 4.57. The molecule has 0 saturated carbocycles. The summed E-state index contributed by atoms with van der Waals surface area (Å²) in [6, 6.07) is 3.61. The van der Waals surface area contributed by atoms with Crippen molar-refractivity contribution in [2.24, 2.45) is 0 Å². The first-order valence-electron chi connectivity index (χ1n) is 4.23. The fourth-order valence-corrected chi connectivity index (χ4v) is 1.52. The number of carboxylic acid groups (broad SMARTS) is 1. The molecule has 0 saturated heterocycles. The zero-order valence-electron chi connectivity index (χ0n) is 7.88. The summed E-state index contributed by atoms with van der Waals surface area (Å²) in [4.78, 5) is 10.7. The summed E-state index contributed by atoms with van der Waals surface area (Å²) in [7, 11) is 0. The number of hydrogen-bond donors (Lipinski definition) is 1. The van der Waals surface area contributed by atoms with Crippen LogP contribution in [0.1, 0.15) is 30.4 Å². The van der Waals surface area contributed by atoms with Crippen LogP contribution < -0.4 is 0 Å². The molecule has 1 aromatic rings. The van der Waals surface area contributed by atoms with E-state index in [-0.39, 0.29) is 10.6 Å². The molecule has 1 N–H and O–H groups in total. The number of carboxylic acids is 1. The molecule has 82 valence electrons. The van der Waals surface area contributed by atoms with Crippen LogP contribution in [0.15, 0.2) is 18.2 Å². The summed E-state index contributed by atoms with van der Waals surface area (Å²) in [5.41, 5.74) is 0.134. The van der Waals surface area contributed by atoms with Gasteiger partial charge in [-0.1, -0.05) is 23.7 Å². The molecule has 1 rings (SSSR count). The Bertz CT molecular complexity index is 380. The quantitative estimate of drug-likeness (QED) is 0.870. The molecule has 0 heterocycles. The van der Waals surface area contributed by atoms with E-state index in [1.165, 1.54) is 19.1 Å². The van der Waals surface area contributed by atoms with Gasteiger partial charge in [-0.05, 0) is 18.6 Å². The van der Waals surface area contributed by atoms with E-state index in [1.54, 1.807) is 0 Å². The van der Waals surface area contributed by atoms with Gasteiger partial charge in [-0.25, -0.2) is 8.78 Å². The molecule has 0 amide bonds. The molecule has 1 unspecified atom stereocenters. The maximum atomic E-state index is 12.3. The van der Waals surface area contributed by atoms with Crippen LogP contribution in [0.5, 0.6) is 0 Å². The third-order valence-electron chi connectivity index (χ3n) is 2.11. The van der Waals surface area contributed by atoms with Crippen LogP contribution in [0.25, 0.3) is 0 Å². The van der Waals surface area contributed by atoms with E-state index >= 15 is 0 Å². The lowest BCUT2D eigenvalue weighted by Gasteiger charge is -2.10. The van der Waals surface area contributed by atoms with Crippen molar-refractivity contribution in [3.8, 4) is 0 Å². The molecule has 5 heteroatoms. The van der Waals surface area contributed by atoms with Gasteiger partial charge in [-0.15, -0.1) is 0 Å².